The summed E-state index contributed by atoms with van der Waals surface area (Å²) >= 11 is 5.16. The molecule has 252 valence electrons. The Hall–Kier alpha value is -1.73. The fourth-order valence-corrected chi connectivity index (χ4v) is 8.70. The van der Waals surface area contributed by atoms with Gasteiger partial charge in [-0.15, -0.1) is 34.0 Å². The molecule has 0 aliphatic carbocycles. The molecule has 48 heavy (non-hydrogen) atoms. The van der Waals surface area contributed by atoms with Crippen LogP contribution < -0.4 is 14.3 Å². The van der Waals surface area contributed by atoms with Crippen LogP contribution in [0.5, 0.6) is 0 Å². The van der Waals surface area contributed by atoms with Crippen molar-refractivity contribution in [3.8, 4) is 31.3 Å². The Labute approximate surface area is 298 Å². The van der Waals surface area contributed by atoms with E-state index in [0.717, 1.165) is 45.7 Å². The Kier molecular flexibility index (Phi) is 8.24. The quantitative estimate of drug-likeness (QED) is 0.192. The van der Waals surface area contributed by atoms with Gasteiger partial charge in [0.15, 0.2) is 0 Å². The van der Waals surface area contributed by atoms with Gasteiger partial charge in [-0.25, -0.2) is 0 Å². The van der Waals surface area contributed by atoms with Crippen LogP contribution >= 0.6 is 34.0 Å². The summed E-state index contributed by atoms with van der Waals surface area (Å²) in [5, 5.41) is 0. The normalized spacial score (nSPS) is 23.4. The molecule has 6 heterocycles. The van der Waals surface area contributed by atoms with Crippen molar-refractivity contribution in [1.82, 2.24) is 0 Å². The lowest BCUT2D eigenvalue weighted by molar-refractivity contribution is 0.00578. The first-order chi connectivity index (χ1) is 22.2. The first kappa shape index (κ1) is 34.7. The van der Waals surface area contributed by atoms with Gasteiger partial charge in [-0.3, -0.25) is 0 Å². The van der Waals surface area contributed by atoms with E-state index in [0.29, 0.717) is 0 Å². The van der Waals surface area contributed by atoms with Gasteiger partial charge in [-0.05, 0) is 136 Å². The van der Waals surface area contributed by atoms with Gasteiger partial charge in [0.25, 0.3) is 0 Å². The van der Waals surface area contributed by atoms with Crippen molar-refractivity contribution >= 4 is 69.7 Å². The highest BCUT2D eigenvalue weighted by Crippen LogP contribution is 2.42. The second-order valence-corrected chi connectivity index (χ2v) is 19.5. The molecule has 3 aliphatic rings. The standard InChI is InChI=1S/C36H45B3O6S3/c1-31(2)32(3,4)41-37(40-31)28-16-13-25(46-28)22-19-23(26-14-17-29(47-26)38-42-33(5,6)34(7,8)43-38)21-24(20-22)27-15-18-30(48-27)39-44-35(9,10)36(11,12)45-39/h13-21H,1-12H3. The highest BCUT2D eigenvalue weighted by molar-refractivity contribution is 7.26. The number of rotatable bonds is 6. The van der Waals surface area contributed by atoms with Gasteiger partial charge in [0.05, 0.1) is 33.6 Å². The smallest absolute Gasteiger partial charge is 0.399 e. The second-order valence-electron chi connectivity index (χ2n) is 16.2. The van der Waals surface area contributed by atoms with Crippen LogP contribution in [0.2, 0.25) is 0 Å². The lowest BCUT2D eigenvalue weighted by Gasteiger charge is -2.32. The Morgan fingerprint density at radius 2 is 0.562 bits per heavy atom. The van der Waals surface area contributed by atoms with Gasteiger partial charge in [-0.1, -0.05) is 18.2 Å². The zero-order chi connectivity index (χ0) is 34.7. The Balaban J connectivity index is 1.25. The maximum absolute atomic E-state index is 6.39. The predicted molar refractivity (Wildman–Crippen MR) is 204 cm³/mol. The fraction of sp³-hybridized carbons (Fsp3) is 0.500. The van der Waals surface area contributed by atoms with Crippen molar-refractivity contribution in [1.29, 1.82) is 0 Å². The summed E-state index contributed by atoms with van der Waals surface area (Å²) in [7, 11) is -1.18. The Bertz CT molecular complexity index is 1580. The third-order valence-electron chi connectivity index (χ3n) is 11.1. The van der Waals surface area contributed by atoms with Gasteiger partial charge in [0.1, 0.15) is 0 Å². The van der Waals surface area contributed by atoms with Gasteiger partial charge in [0, 0.05) is 29.0 Å². The highest BCUT2D eigenvalue weighted by atomic mass is 32.1. The molecule has 12 heteroatoms. The van der Waals surface area contributed by atoms with E-state index < -0.39 is 55.0 Å². The van der Waals surface area contributed by atoms with Crippen LogP contribution in [-0.4, -0.2) is 55.0 Å². The summed E-state index contributed by atoms with van der Waals surface area (Å²) < 4.78 is 41.5. The average molecular weight is 702 g/mol. The SMILES string of the molecule is CC1(C)OB(c2ccc(-c3cc(-c4ccc(B5OC(C)(C)C(C)(C)O5)s4)cc(-c4ccc(B5OC(C)(C)C(C)(C)O5)s4)c3)s2)OC1(C)C. The first-order valence-corrected chi connectivity index (χ1v) is 19.1. The third kappa shape index (κ3) is 5.93. The van der Waals surface area contributed by atoms with Crippen LogP contribution in [0.25, 0.3) is 31.3 Å². The molecule has 6 nitrogen and oxygen atoms in total. The second kappa shape index (κ2) is 11.4. The van der Waals surface area contributed by atoms with E-state index in [1.807, 2.05) is 0 Å². The largest absolute Gasteiger partial charge is 0.505 e. The molecule has 0 radical (unpaired) electrons. The molecular weight excluding hydrogens is 657 g/mol. The van der Waals surface area contributed by atoms with Crippen LogP contribution in [0.3, 0.4) is 0 Å². The van der Waals surface area contributed by atoms with Crippen molar-refractivity contribution in [3.63, 3.8) is 0 Å². The maximum atomic E-state index is 6.39. The van der Waals surface area contributed by atoms with Crippen molar-refractivity contribution in [3.05, 3.63) is 54.6 Å². The topological polar surface area (TPSA) is 55.4 Å². The van der Waals surface area contributed by atoms with Crippen LogP contribution in [0.1, 0.15) is 83.1 Å². The maximum Gasteiger partial charge on any atom is 0.505 e. The molecule has 0 bridgehead atoms. The van der Waals surface area contributed by atoms with E-state index in [-0.39, 0.29) is 0 Å². The molecule has 3 fully saturated rings. The van der Waals surface area contributed by atoms with Crippen LogP contribution in [0, 0.1) is 0 Å². The molecule has 1 aromatic carbocycles. The van der Waals surface area contributed by atoms with E-state index in [2.05, 4.69) is 138 Å². The first-order valence-electron chi connectivity index (χ1n) is 16.7. The molecule has 0 unspecified atom stereocenters. The molecule has 0 saturated carbocycles. The molecule has 4 aromatic rings. The number of thiophene rings is 3. The summed E-state index contributed by atoms with van der Waals surface area (Å²) in [6.45, 7) is 25.1. The van der Waals surface area contributed by atoms with E-state index in [9.17, 15) is 0 Å². The summed E-state index contributed by atoms with van der Waals surface area (Å²) in [5.41, 5.74) is 1.08. The van der Waals surface area contributed by atoms with Crippen molar-refractivity contribution in [2.24, 2.45) is 0 Å². The van der Waals surface area contributed by atoms with Gasteiger partial charge >= 0.3 is 21.4 Å². The number of hydrogen-bond acceptors (Lipinski definition) is 9. The molecule has 3 aromatic heterocycles. The van der Waals surface area contributed by atoms with Gasteiger partial charge < -0.3 is 27.9 Å². The molecule has 3 saturated heterocycles. The van der Waals surface area contributed by atoms with Gasteiger partial charge in [-0.2, -0.15) is 0 Å². The molecule has 3 aliphatic heterocycles. The summed E-state index contributed by atoms with van der Waals surface area (Å²) in [5.74, 6) is 0. The van der Waals surface area contributed by atoms with Crippen molar-refractivity contribution < 1.29 is 27.9 Å². The highest BCUT2D eigenvalue weighted by Gasteiger charge is 2.54. The zero-order valence-corrected chi connectivity index (χ0v) is 32.6. The molecule has 0 spiro atoms. The Morgan fingerprint density at radius 1 is 0.354 bits per heavy atom. The van der Waals surface area contributed by atoms with E-state index in [1.165, 1.54) is 0 Å². The Morgan fingerprint density at radius 3 is 0.771 bits per heavy atom. The van der Waals surface area contributed by atoms with E-state index >= 15 is 0 Å². The lowest BCUT2D eigenvalue weighted by atomic mass is 9.88. The lowest BCUT2D eigenvalue weighted by Crippen LogP contribution is -2.41. The predicted octanol–water partition coefficient (Wildman–Crippen LogP) is 7.77. The summed E-state index contributed by atoms with van der Waals surface area (Å²) in [6.07, 6.45) is 0. The minimum Gasteiger partial charge on any atom is -0.399 e. The fourth-order valence-electron chi connectivity index (χ4n) is 5.84. The third-order valence-corrected chi connectivity index (χ3v) is 14.6. The van der Waals surface area contributed by atoms with Crippen molar-refractivity contribution in [2.45, 2.75) is 117 Å². The zero-order valence-electron chi connectivity index (χ0n) is 30.1. The van der Waals surface area contributed by atoms with Gasteiger partial charge in [0.2, 0.25) is 0 Å². The molecule has 0 amide bonds. The van der Waals surface area contributed by atoms with Crippen molar-refractivity contribution in [2.75, 3.05) is 0 Å². The summed E-state index contributed by atoms with van der Waals surface area (Å²) in [6, 6.07) is 19.8. The average Bonchev–Trinajstić information content (AvgIpc) is 3.80. The number of benzene rings is 1. The minimum atomic E-state index is -0.393. The molecule has 0 N–H and O–H groups in total. The summed E-state index contributed by atoms with van der Waals surface area (Å²) in [4.78, 5) is 3.48. The molecular formula is C36H45B3O6S3. The van der Waals surface area contributed by atoms with E-state index in [4.69, 9.17) is 27.9 Å². The molecule has 7 rings (SSSR count). The number of hydrogen-bond donors (Lipinski definition) is 0. The van der Waals surface area contributed by atoms with Crippen LogP contribution in [0.15, 0.2) is 54.6 Å². The van der Waals surface area contributed by atoms with Crippen LogP contribution in [-0.2, 0) is 27.9 Å². The molecule has 0 atom stereocenters. The van der Waals surface area contributed by atoms with E-state index in [1.54, 1.807) is 34.0 Å². The minimum absolute atomic E-state index is 0.392. The van der Waals surface area contributed by atoms with Crippen LogP contribution in [0.4, 0.5) is 0 Å². The monoisotopic (exact) mass is 702 g/mol.